The molecule has 3 rings (SSSR count). The van der Waals surface area contributed by atoms with Crippen LogP contribution in [0, 0.1) is 13.8 Å². The Morgan fingerprint density at radius 3 is 2.41 bits per heavy atom. The van der Waals surface area contributed by atoms with Crippen LogP contribution in [0.3, 0.4) is 0 Å². The molecule has 32 heavy (non-hydrogen) atoms. The fourth-order valence-corrected chi connectivity index (χ4v) is 3.34. The quantitative estimate of drug-likeness (QED) is 0.360. The van der Waals surface area contributed by atoms with E-state index in [4.69, 9.17) is 13.9 Å². The molecule has 0 aliphatic carbocycles. The van der Waals surface area contributed by atoms with Crippen molar-refractivity contribution in [3.05, 3.63) is 75.1 Å². The molecule has 0 saturated heterocycles. The highest BCUT2D eigenvalue weighted by atomic mass is 16.6. The summed E-state index contributed by atoms with van der Waals surface area (Å²) < 4.78 is 16.2. The number of nitrogens with one attached hydrogen (secondary N) is 1. The third-order valence-electron chi connectivity index (χ3n) is 4.71. The summed E-state index contributed by atoms with van der Waals surface area (Å²) in [4.78, 5) is 36.9. The predicted molar refractivity (Wildman–Crippen MR) is 121 cm³/mol. The Labute approximate surface area is 186 Å². The lowest BCUT2D eigenvalue weighted by atomic mass is 9.98. The van der Waals surface area contributed by atoms with E-state index in [1.807, 2.05) is 44.2 Å². The standard InChI is InChI=1S/C25H27NO6/c1-15-11-19(30-21(27)14-26-24(29)32-25(3,4)5)22-16(2)18(23(28)31-20(22)12-15)13-17-9-7-6-8-10-17/h6-12H,13-14H2,1-5H3,(H,26,29). The summed E-state index contributed by atoms with van der Waals surface area (Å²) in [6.45, 7) is 8.44. The molecule has 1 amide bonds. The zero-order valence-corrected chi connectivity index (χ0v) is 18.9. The molecule has 7 heteroatoms. The van der Waals surface area contributed by atoms with Crippen molar-refractivity contribution in [3.63, 3.8) is 0 Å². The molecule has 2 aromatic carbocycles. The molecule has 0 radical (unpaired) electrons. The van der Waals surface area contributed by atoms with Crippen molar-refractivity contribution in [3.8, 4) is 5.75 Å². The van der Waals surface area contributed by atoms with Gasteiger partial charge in [-0.3, -0.25) is 0 Å². The van der Waals surface area contributed by atoms with Crippen molar-refractivity contribution in [1.82, 2.24) is 5.32 Å². The fraction of sp³-hybridized carbons (Fsp3) is 0.320. The molecule has 1 N–H and O–H groups in total. The second-order valence-electron chi connectivity index (χ2n) is 8.62. The number of carbonyl (C=O) groups excluding carboxylic acids is 2. The number of esters is 1. The van der Waals surface area contributed by atoms with E-state index in [1.165, 1.54) is 0 Å². The smallest absolute Gasteiger partial charge is 0.408 e. The van der Waals surface area contributed by atoms with E-state index < -0.39 is 23.3 Å². The molecule has 0 unspecified atom stereocenters. The van der Waals surface area contributed by atoms with Crippen molar-refractivity contribution in [2.24, 2.45) is 0 Å². The van der Waals surface area contributed by atoms with Crippen LogP contribution < -0.4 is 15.7 Å². The number of amides is 1. The van der Waals surface area contributed by atoms with Gasteiger partial charge in [0.1, 0.15) is 23.5 Å². The Balaban J connectivity index is 1.89. The molecule has 0 aliphatic rings. The van der Waals surface area contributed by atoms with Crippen molar-refractivity contribution >= 4 is 23.0 Å². The molecule has 1 aromatic heterocycles. The molecule has 0 fully saturated rings. The van der Waals surface area contributed by atoms with Gasteiger partial charge in [0.25, 0.3) is 0 Å². The van der Waals surface area contributed by atoms with E-state index in [0.29, 0.717) is 28.5 Å². The average molecular weight is 437 g/mol. The number of fused-ring (bicyclic) bond motifs is 1. The molecule has 0 aliphatic heterocycles. The lowest BCUT2D eigenvalue weighted by Gasteiger charge is -2.19. The highest BCUT2D eigenvalue weighted by Gasteiger charge is 2.20. The minimum absolute atomic E-state index is 0.270. The van der Waals surface area contributed by atoms with Crippen molar-refractivity contribution in [2.75, 3.05) is 6.54 Å². The monoisotopic (exact) mass is 437 g/mol. The Morgan fingerprint density at radius 1 is 1.06 bits per heavy atom. The van der Waals surface area contributed by atoms with Crippen LogP contribution in [0.5, 0.6) is 5.75 Å². The number of aryl methyl sites for hydroxylation is 2. The summed E-state index contributed by atoms with van der Waals surface area (Å²) in [6, 6.07) is 13.0. The molecule has 7 nitrogen and oxygen atoms in total. The van der Waals surface area contributed by atoms with Gasteiger partial charge in [0.15, 0.2) is 0 Å². The Kier molecular flexibility index (Phi) is 6.67. The zero-order chi connectivity index (χ0) is 23.5. The Morgan fingerprint density at radius 2 is 1.75 bits per heavy atom. The van der Waals surface area contributed by atoms with Gasteiger partial charge in [-0.25, -0.2) is 14.4 Å². The van der Waals surface area contributed by atoms with Crippen molar-refractivity contribution in [1.29, 1.82) is 0 Å². The minimum atomic E-state index is -0.712. The van der Waals surface area contributed by atoms with Gasteiger partial charge in [0.2, 0.25) is 0 Å². The van der Waals surface area contributed by atoms with Gasteiger partial charge in [-0.05, 0) is 63.4 Å². The second kappa shape index (κ2) is 9.26. The van der Waals surface area contributed by atoms with Crippen molar-refractivity contribution in [2.45, 2.75) is 46.6 Å². The maximum atomic E-state index is 12.7. The predicted octanol–water partition coefficient (Wildman–Crippen LogP) is 4.43. The first-order chi connectivity index (χ1) is 15.0. The number of rotatable bonds is 5. The van der Waals surface area contributed by atoms with Gasteiger partial charge in [-0.2, -0.15) is 0 Å². The maximum Gasteiger partial charge on any atom is 0.408 e. The zero-order valence-electron chi connectivity index (χ0n) is 18.9. The normalized spacial score (nSPS) is 11.3. The van der Waals surface area contributed by atoms with Gasteiger partial charge in [-0.1, -0.05) is 30.3 Å². The highest BCUT2D eigenvalue weighted by Crippen LogP contribution is 2.31. The summed E-state index contributed by atoms with van der Waals surface area (Å²) in [7, 11) is 0. The van der Waals surface area contributed by atoms with Crippen LogP contribution >= 0.6 is 0 Å². The summed E-state index contributed by atoms with van der Waals surface area (Å²) in [5, 5.41) is 2.93. The second-order valence-corrected chi connectivity index (χ2v) is 8.62. The average Bonchev–Trinajstić information content (AvgIpc) is 2.68. The van der Waals surface area contributed by atoms with Gasteiger partial charge >= 0.3 is 17.7 Å². The van der Waals surface area contributed by atoms with Gasteiger partial charge < -0.3 is 19.2 Å². The van der Waals surface area contributed by atoms with Crippen LogP contribution in [-0.2, 0) is 16.0 Å². The lowest BCUT2D eigenvalue weighted by molar-refractivity contribution is -0.133. The third-order valence-corrected chi connectivity index (χ3v) is 4.71. The summed E-state index contributed by atoms with van der Waals surface area (Å²) in [6.07, 6.45) is -0.317. The van der Waals surface area contributed by atoms with Crippen LogP contribution in [0.2, 0.25) is 0 Å². The van der Waals surface area contributed by atoms with E-state index in [9.17, 15) is 14.4 Å². The molecular formula is C25H27NO6. The van der Waals surface area contributed by atoms with Crippen LogP contribution in [0.15, 0.2) is 51.7 Å². The summed E-state index contributed by atoms with van der Waals surface area (Å²) >= 11 is 0. The first-order valence-corrected chi connectivity index (χ1v) is 10.3. The van der Waals surface area contributed by atoms with E-state index in [2.05, 4.69) is 5.32 Å². The summed E-state index contributed by atoms with van der Waals surface area (Å²) in [5.41, 5.74) is 2.15. The number of hydrogen-bond donors (Lipinski definition) is 1. The number of hydrogen-bond acceptors (Lipinski definition) is 6. The fourth-order valence-electron chi connectivity index (χ4n) is 3.34. The van der Waals surface area contributed by atoms with Gasteiger partial charge in [0.05, 0.1) is 5.39 Å². The van der Waals surface area contributed by atoms with E-state index in [1.54, 1.807) is 32.9 Å². The molecule has 3 aromatic rings. The van der Waals surface area contributed by atoms with Crippen LogP contribution in [-0.4, -0.2) is 24.2 Å². The van der Waals surface area contributed by atoms with Crippen LogP contribution in [0.25, 0.3) is 11.0 Å². The lowest BCUT2D eigenvalue weighted by Crippen LogP contribution is -2.36. The van der Waals surface area contributed by atoms with Gasteiger partial charge in [-0.15, -0.1) is 0 Å². The Hall–Kier alpha value is -3.61. The number of benzene rings is 2. The van der Waals surface area contributed by atoms with Crippen LogP contribution in [0.1, 0.15) is 43.0 Å². The number of ether oxygens (including phenoxy) is 2. The van der Waals surface area contributed by atoms with Gasteiger partial charge in [0, 0.05) is 12.0 Å². The minimum Gasteiger partial charge on any atom is -0.444 e. The number of alkyl carbamates (subject to hydrolysis) is 1. The molecular weight excluding hydrogens is 410 g/mol. The summed E-state index contributed by atoms with van der Waals surface area (Å²) in [5.74, 6) is -0.399. The molecule has 1 heterocycles. The largest absolute Gasteiger partial charge is 0.444 e. The topological polar surface area (TPSA) is 94.8 Å². The molecule has 0 spiro atoms. The molecule has 0 bridgehead atoms. The molecule has 0 saturated carbocycles. The van der Waals surface area contributed by atoms with E-state index in [-0.39, 0.29) is 12.3 Å². The van der Waals surface area contributed by atoms with E-state index in [0.717, 1.165) is 11.1 Å². The molecule has 168 valence electrons. The molecule has 0 atom stereocenters. The van der Waals surface area contributed by atoms with E-state index >= 15 is 0 Å². The number of carbonyl (C=O) groups is 2. The van der Waals surface area contributed by atoms with Crippen molar-refractivity contribution < 1.29 is 23.5 Å². The Bertz CT molecular complexity index is 1210. The first kappa shape index (κ1) is 23.1. The highest BCUT2D eigenvalue weighted by molar-refractivity contribution is 5.91. The third kappa shape index (κ3) is 5.75. The maximum absolute atomic E-state index is 12.7. The SMILES string of the molecule is Cc1cc(OC(=O)CNC(=O)OC(C)(C)C)c2c(C)c(Cc3ccccc3)c(=O)oc2c1. The first-order valence-electron chi connectivity index (χ1n) is 10.3. The van der Waals surface area contributed by atoms with Crippen LogP contribution in [0.4, 0.5) is 4.79 Å².